The zero-order chi connectivity index (χ0) is 63.4. The van der Waals surface area contributed by atoms with E-state index in [0.717, 1.165) is 12.2 Å². The molecule has 0 fully saturated rings. The molecular formula is C51H40N6O23S6. The van der Waals surface area contributed by atoms with E-state index in [4.69, 9.17) is 0 Å². The van der Waals surface area contributed by atoms with Crippen molar-refractivity contribution in [3.63, 3.8) is 0 Å². The van der Waals surface area contributed by atoms with Crippen LogP contribution in [0, 0.1) is 0 Å². The molecule has 6 aliphatic rings. The standard InChI is InChI=1S/C51H40N6O23S6/c1-25-9-11-29(49(60)54-37-13-15-41(83(69,70)71)35-21-33(81(63,64)65)23-43(45(35)37)85(75,76)77)19-39(25)56-47(58)27-5-3-7-31(17-27)52-51(62)53-32-8-4-6-28(18-32)48(59)57-40-20-30(12-10-26(40)2)50(61)55-38-14-16-42(84(72,73)74)36-22-34(82(66,67)68)24-44(46(36)38)86(78,79)80/h3-11,15-16,20-24H,12-14,17-19H2,1-2H3,(H,63,64,65)(H,66,67,68)(H,69,70,71)(H,72,73,74)(H,75,76,77)(H,78,79,80). The Bertz CT molecular complexity index is 4830. The Morgan fingerprint density at radius 2 is 0.814 bits per heavy atom. The fourth-order valence-corrected chi connectivity index (χ4v) is 13.2. The summed E-state index contributed by atoms with van der Waals surface area (Å²) in [7, 11) is -31.8. The molecule has 0 saturated carbocycles. The quantitative estimate of drug-likeness (QED) is 0.178. The predicted molar refractivity (Wildman–Crippen MR) is 305 cm³/mol. The largest absolute Gasteiger partial charge is 0.367 e. The summed E-state index contributed by atoms with van der Waals surface area (Å²) in [6.07, 6.45) is 13.1. The Hall–Kier alpha value is -8.33. The summed E-state index contributed by atoms with van der Waals surface area (Å²) in [5.41, 5.74) is -3.56. The number of aliphatic imine (C=N–C) groups is 6. The van der Waals surface area contributed by atoms with Crippen molar-refractivity contribution in [1.82, 2.24) is 0 Å². The number of carbonyl (C=O) groups is 5. The molecule has 0 bridgehead atoms. The highest BCUT2D eigenvalue weighted by Gasteiger charge is 2.37. The number of nitrogens with zero attached hydrogens (tertiary/aromatic N) is 6. The molecule has 6 amide bonds. The third-order valence-electron chi connectivity index (χ3n) is 13.0. The normalized spacial score (nSPS) is 20.5. The number of benzene rings is 2. The lowest BCUT2D eigenvalue weighted by molar-refractivity contribution is -0.115. The van der Waals surface area contributed by atoms with Gasteiger partial charge < -0.3 is 0 Å². The molecule has 8 rings (SSSR count). The molecule has 29 nitrogen and oxygen atoms in total. The number of carbonyl (C=O) groups excluding carboxylic acids is 5. The summed E-state index contributed by atoms with van der Waals surface area (Å²) in [6, 6.07) is 0.533. The van der Waals surface area contributed by atoms with Gasteiger partial charge in [-0.1, -0.05) is 54.7 Å². The summed E-state index contributed by atoms with van der Waals surface area (Å²) >= 11 is 0. The highest BCUT2D eigenvalue weighted by molar-refractivity contribution is 7.95. The van der Waals surface area contributed by atoms with Crippen LogP contribution in [0.5, 0.6) is 0 Å². The Morgan fingerprint density at radius 3 is 1.23 bits per heavy atom. The van der Waals surface area contributed by atoms with Crippen molar-refractivity contribution in [2.75, 3.05) is 0 Å². The van der Waals surface area contributed by atoms with Gasteiger partial charge in [0.25, 0.3) is 84.3 Å². The van der Waals surface area contributed by atoms with Crippen LogP contribution in [0.1, 0.15) is 74.6 Å². The first-order valence-electron chi connectivity index (χ1n) is 24.1. The lowest BCUT2D eigenvalue weighted by Crippen LogP contribution is -2.21. The maximum atomic E-state index is 13.7. The second kappa shape index (κ2) is 23.5. The van der Waals surface area contributed by atoms with Gasteiger partial charge in [0.1, 0.15) is 9.79 Å². The van der Waals surface area contributed by atoms with Crippen molar-refractivity contribution < 1.29 is 102 Å². The van der Waals surface area contributed by atoms with E-state index in [1.54, 1.807) is 13.8 Å². The van der Waals surface area contributed by atoms with E-state index in [1.165, 1.54) is 60.8 Å². The Kier molecular flexibility index (Phi) is 17.4. The van der Waals surface area contributed by atoms with Gasteiger partial charge in [-0.2, -0.15) is 60.5 Å². The maximum absolute atomic E-state index is 13.7. The van der Waals surface area contributed by atoms with Crippen molar-refractivity contribution >= 4 is 134 Å². The van der Waals surface area contributed by atoms with Gasteiger partial charge in [0.2, 0.25) is 0 Å². The second-order valence-electron chi connectivity index (χ2n) is 18.9. The Morgan fingerprint density at radius 1 is 0.407 bits per heavy atom. The monoisotopic (exact) mass is 1300 g/mol. The van der Waals surface area contributed by atoms with Gasteiger partial charge in [-0.3, -0.25) is 46.5 Å². The minimum Gasteiger partial charge on any atom is -0.282 e. The van der Waals surface area contributed by atoms with Crippen molar-refractivity contribution in [2.24, 2.45) is 30.0 Å². The number of fused-ring (bicyclic) bond motifs is 2. The summed E-state index contributed by atoms with van der Waals surface area (Å²) < 4.78 is 206. The van der Waals surface area contributed by atoms with E-state index >= 15 is 0 Å². The van der Waals surface area contributed by atoms with Gasteiger partial charge in [-0.15, -0.1) is 0 Å². The third-order valence-corrected chi connectivity index (χ3v) is 18.3. The van der Waals surface area contributed by atoms with Gasteiger partial charge in [-0.05, 0) is 73.9 Å². The molecule has 0 aliphatic heterocycles. The van der Waals surface area contributed by atoms with E-state index in [2.05, 4.69) is 30.0 Å². The summed E-state index contributed by atoms with van der Waals surface area (Å²) in [6.45, 7) is 3.11. The van der Waals surface area contributed by atoms with Gasteiger partial charge in [0.15, 0.2) is 0 Å². The summed E-state index contributed by atoms with van der Waals surface area (Å²) in [4.78, 5) is 84.8. The molecule has 448 valence electrons. The Balaban J connectivity index is 0.948. The number of rotatable bonds is 10. The van der Waals surface area contributed by atoms with E-state index in [9.17, 15) is 102 Å². The maximum Gasteiger partial charge on any atom is 0.367 e. The molecule has 0 radical (unpaired) electrons. The average molecular weight is 1300 g/mol. The van der Waals surface area contributed by atoms with E-state index in [-0.39, 0.29) is 70.8 Å². The molecule has 0 spiro atoms. The lowest BCUT2D eigenvalue weighted by atomic mass is 9.94. The van der Waals surface area contributed by atoms with Crippen molar-refractivity contribution in [1.29, 1.82) is 0 Å². The van der Waals surface area contributed by atoms with Crippen molar-refractivity contribution in [2.45, 2.75) is 72.0 Å². The van der Waals surface area contributed by atoms with Crippen LogP contribution in [0.3, 0.4) is 0 Å². The smallest absolute Gasteiger partial charge is 0.282 e. The van der Waals surface area contributed by atoms with E-state index in [0.29, 0.717) is 35.4 Å². The average Bonchev–Trinajstić information content (AvgIpc) is 0.808. The first-order chi connectivity index (χ1) is 39.8. The highest BCUT2D eigenvalue weighted by Crippen LogP contribution is 2.39. The first-order valence-corrected chi connectivity index (χ1v) is 32.7. The zero-order valence-electron chi connectivity index (χ0n) is 43.7. The first kappa shape index (κ1) is 63.7. The van der Waals surface area contributed by atoms with Crippen molar-refractivity contribution in [3.05, 3.63) is 153 Å². The molecule has 6 aliphatic carbocycles. The Labute approximate surface area is 488 Å². The summed E-state index contributed by atoms with van der Waals surface area (Å²) in [5, 5.41) is 0. The molecule has 0 aromatic heterocycles. The van der Waals surface area contributed by atoms with Crippen LogP contribution in [0.4, 0.5) is 4.79 Å². The molecular weight excluding hydrogens is 1260 g/mol. The molecule has 0 saturated heterocycles. The van der Waals surface area contributed by atoms with Crippen LogP contribution < -0.4 is 0 Å². The molecule has 35 heteroatoms. The van der Waals surface area contributed by atoms with Crippen molar-refractivity contribution in [3.8, 4) is 0 Å². The third kappa shape index (κ3) is 14.3. The number of hydrogen-bond donors (Lipinski definition) is 6. The number of allylic oxidation sites excluding steroid dienone is 14. The van der Waals surface area contributed by atoms with Gasteiger partial charge in [0, 0.05) is 76.7 Å². The second-order valence-corrected chi connectivity index (χ2v) is 27.3. The minimum absolute atomic E-state index is 0.0157. The fraction of sp³-hybridized carbons (Fsp3) is 0.157. The minimum atomic E-state index is -5.45. The van der Waals surface area contributed by atoms with Crippen LogP contribution in [-0.2, 0) is 79.9 Å². The van der Waals surface area contributed by atoms with E-state index in [1.807, 2.05) is 0 Å². The van der Waals surface area contributed by atoms with Gasteiger partial charge in [0.05, 0.1) is 53.9 Å². The van der Waals surface area contributed by atoms with Gasteiger partial charge in [-0.25, -0.2) is 24.8 Å². The molecule has 0 unspecified atom stereocenters. The zero-order valence-corrected chi connectivity index (χ0v) is 48.6. The van der Waals surface area contributed by atoms with Crippen LogP contribution in [0.25, 0.3) is 9.81 Å². The van der Waals surface area contributed by atoms with Crippen LogP contribution in [0.2, 0.25) is 0 Å². The molecule has 2 aromatic rings. The molecule has 2 aromatic carbocycles. The topological polar surface area (TPSA) is 486 Å². The number of hydrogen-bond acceptors (Lipinski definition) is 17. The molecule has 0 atom stereocenters. The highest BCUT2D eigenvalue weighted by atomic mass is 32.2. The van der Waals surface area contributed by atoms with Gasteiger partial charge >= 0.3 is 6.03 Å². The number of urea groups is 1. The summed E-state index contributed by atoms with van der Waals surface area (Å²) in [5.74, 6) is -3.83. The van der Waals surface area contributed by atoms with Crippen LogP contribution in [0.15, 0.2) is 180 Å². The molecule has 6 N–H and O–H groups in total. The van der Waals surface area contributed by atoms with Crippen LogP contribution in [-0.4, -0.2) is 142 Å². The SMILES string of the molecule is CC1=CCC(C(=O)N=C2CC=C(S(=O)(=O)O)c3cc(S(=O)(=O)O)cc(S(=O)(=O)O)c32)=CC1=NC(=O)C1=CC=CC(=NC(=O)N=C2C=CC=C(C(=O)N=C3CC(C(=O)N=C4CC=C(S(=O)(=O)O)c5cc(S(=O)(=O)O)cc(S(=O)(=O)O)c54)=CC=C3C)C2)C1. The van der Waals surface area contributed by atoms with Crippen LogP contribution >= 0.6 is 0 Å². The fourth-order valence-electron chi connectivity index (χ4n) is 8.97. The lowest BCUT2D eigenvalue weighted by Gasteiger charge is -2.21. The predicted octanol–water partition coefficient (Wildman–Crippen LogP) is 4.53. The molecule has 0 heterocycles. The number of amides is 6. The van der Waals surface area contributed by atoms with E-state index < -0.39 is 166 Å². The molecule has 86 heavy (non-hydrogen) atoms.